The molecule has 7 heteroatoms. The third kappa shape index (κ3) is 2.85. The maximum absolute atomic E-state index is 4.35. The van der Waals surface area contributed by atoms with E-state index in [9.17, 15) is 0 Å². The normalized spacial score (nSPS) is 12.4. The molecule has 0 aliphatic carbocycles. The molecule has 0 amide bonds. The van der Waals surface area contributed by atoms with Crippen LogP contribution in [-0.2, 0) is 6.54 Å². The first kappa shape index (κ1) is 14.8. The quantitative estimate of drug-likeness (QED) is 0.604. The van der Waals surface area contributed by atoms with Gasteiger partial charge in [-0.1, -0.05) is 41.6 Å². The standard InChI is InChI=1S/C17H16N6S/c1-12(13-6-3-2-4-7-13)20-16-15-17(19-11-18-16)23(22-21-15)10-14-8-5-9-24-14/h2-9,11-12H,10H2,1H3,(H,18,19,20)/t12-/m1/s1. The molecule has 3 aromatic heterocycles. The molecule has 0 saturated heterocycles. The minimum Gasteiger partial charge on any atom is -0.362 e. The van der Waals surface area contributed by atoms with Crippen LogP contribution in [0.4, 0.5) is 5.82 Å². The number of fused-ring (bicyclic) bond motifs is 1. The van der Waals surface area contributed by atoms with E-state index in [0.29, 0.717) is 17.9 Å². The fourth-order valence-electron chi connectivity index (χ4n) is 2.58. The Bertz CT molecular complexity index is 932. The summed E-state index contributed by atoms with van der Waals surface area (Å²) in [4.78, 5) is 9.92. The van der Waals surface area contributed by atoms with E-state index in [0.717, 1.165) is 5.65 Å². The molecule has 24 heavy (non-hydrogen) atoms. The van der Waals surface area contributed by atoms with E-state index in [-0.39, 0.29) is 6.04 Å². The molecular weight excluding hydrogens is 320 g/mol. The van der Waals surface area contributed by atoms with Gasteiger partial charge in [-0.25, -0.2) is 14.6 Å². The number of aromatic nitrogens is 5. The largest absolute Gasteiger partial charge is 0.362 e. The Hall–Kier alpha value is -2.80. The lowest BCUT2D eigenvalue weighted by Gasteiger charge is -2.14. The first-order chi connectivity index (χ1) is 11.8. The second kappa shape index (κ2) is 6.37. The van der Waals surface area contributed by atoms with Gasteiger partial charge >= 0.3 is 0 Å². The van der Waals surface area contributed by atoms with Crippen LogP contribution >= 0.6 is 11.3 Å². The highest BCUT2D eigenvalue weighted by Crippen LogP contribution is 2.23. The molecule has 1 atom stereocenters. The molecule has 0 saturated carbocycles. The molecule has 4 rings (SSSR count). The Morgan fingerprint density at radius 3 is 2.79 bits per heavy atom. The van der Waals surface area contributed by atoms with Gasteiger partial charge in [-0.05, 0) is 23.9 Å². The van der Waals surface area contributed by atoms with E-state index >= 15 is 0 Å². The highest BCUT2D eigenvalue weighted by molar-refractivity contribution is 7.09. The van der Waals surface area contributed by atoms with Gasteiger partial charge in [-0.3, -0.25) is 0 Å². The maximum Gasteiger partial charge on any atom is 0.184 e. The molecular formula is C17H16N6S. The number of hydrogen-bond acceptors (Lipinski definition) is 6. The van der Waals surface area contributed by atoms with Crippen molar-refractivity contribution >= 4 is 28.3 Å². The van der Waals surface area contributed by atoms with Crippen LogP contribution in [0.2, 0.25) is 0 Å². The second-order valence-corrected chi connectivity index (χ2v) is 6.53. The Balaban J connectivity index is 1.63. The van der Waals surface area contributed by atoms with Gasteiger partial charge in [0.05, 0.1) is 12.6 Å². The van der Waals surface area contributed by atoms with Crippen LogP contribution in [0.5, 0.6) is 0 Å². The third-order valence-corrected chi connectivity index (χ3v) is 4.70. The highest BCUT2D eigenvalue weighted by Gasteiger charge is 2.14. The Morgan fingerprint density at radius 2 is 2.00 bits per heavy atom. The van der Waals surface area contributed by atoms with Crippen LogP contribution in [0.25, 0.3) is 11.2 Å². The fourth-order valence-corrected chi connectivity index (χ4v) is 3.27. The molecule has 3 heterocycles. The number of nitrogens with one attached hydrogen (secondary N) is 1. The number of rotatable bonds is 5. The second-order valence-electron chi connectivity index (χ2n) is 5.50. The van der Waals surface area contributed by atoms with Crippen molar-refractivity contribution in [2.45, 2.75) is 19.5 Å². The zero-order valence-electron chi connectivity index (χ0n) is 13.1. The van der Waals surface area contributed by atoms with Gasteiger partial charge in [0.25, 0.3) is 0 Å². The zero-order chi connectivity index (χ0) is 16.4. The summed E-state index contributed by atoms with van der Waals surface area (Å²) < 4.78 is 1.81. The van der Waals surface area contributed by atoms with Crippen LogP contribution < -0.4 is 5.32 Å². The average molecular weight is 336 g/mol. The summed E-state index contributed by atoms with van der Waals surface area (Å²) in [6.45, 7) is 2.76. The average Bonchev–Trinajstić information content (AvgIpc) is 3.27. The summed E-state index contributed by atoms with van der Waals surface area (Å²) in [7, 11) is 0. The summed E-state index contributed by atoms with van der Waals surface area (Å²) in [5, 5.41) is 14.0. The first-order valence-corrected chi connectivity index (χ1v) is 8.57. The van der Waals surface area contributed by atoms with Crippen LogP contribution in [-0.4, -0.2) is 25.0 Å². The van der Waals surface area contributed by atoms with Gasteiger partial charge in [-0.15, -0.1) is 16.4 Å². The summed E-state index contributed by atoms with van der Waals surface area (Å²) in [6, 6.07) is 14.5. The number of thiophene rings is 1. The molecule has 0 fully saturated rings. The molecule has 0 unspecified atom stereocenters. The van der Waals surface area contributed by atoms with Crippen molar-refractivity contribution in [3.05, 3.63) is 64.6 Å². The monoisotopic (exact) mass is 336 g/mol. The van der Waals surface area contributed by atoms with Gasteiger partial charge in [0.15, 0.2) is 17.0 Å². The van der Waals surface area contributed by atoms with Crippen LogP contribution in [0.15, 0.2) is 54.2 Å². The molecule has 1 aromatic carbocycles. The van der Waals surface area contributed by atoms with E-state index < -0.39 is 0 Å². The van der Waals surface area contributed by atoms with E-state index in [1.807, 2.05) is 24.3 Å². The molecule has 0 bridgehead atoms. The minimum absolute atomic E-state index is 0.117. The lowest BCUT2D eigenvalue weighted by molar-refractivity contribution is 0.670. The van der Waals surface area contributed by atoms with Crippen molar-refractivity contribution in [2.24, 2.45) is 0 Å². The molecule has 6 nitrogen and oxygen atoms in total. The number of anilines is 1. The van der Waals surface area contributed by atoms with Gasteiger partial charge in [0.1, 0.15) is 6.33 Å². The Kier molecular flexibility index (Phi) is 3.92. The van der Waals surface area contributed by atoms with Crippen molar-refractivity contribution in [3.63, 3.8) is 0 Å². The highest BCUT2D eigenvalue weighted by atomic mass is 32.1. The third-order valence-electron chi connectivity index (χ3n) is 3.84. The van der Waals surface area contributed by atoms with E-state index in [1.54, 1.807) is 22.3 Å². The van der Waals surface area contributed by atoms with Gasteiger partial charge in [0.2, 0.25) is 0 Å². The van der Waals surface area contributed by atoms with Crippen molar-refractivity contribution in [2.75, 3.05) is 5.32 Å². The Labute approximate surface area is 143 Å². The van der Waals surface area contributed by atoms with Crippen LogP contribution in [0.3, 0.4) is 0 Å². The molecule has 0 aliphatic rings. The molecule has 0 aliphatic heterocycles. The SMILES string of the molecule is C[C@@H](Nc1ncnc2c1nnn2Cc1cccs1)c1ccccc1. The lowest BCUT2D eigenvalue weighted by Crippen LogP contribution is -2.09. The van der Waals surface area contributed by atoms with Gasteiger partial charge in [0, 0.05) is 4.88 Å². The van der Waals surface area contributed by atoms with Crippen molar-refractivity contribution < 1.29 is 0 Å². The predicted octanol–water partition coefficient (Wildman–Crippen LogP) is 3.50. The smallest absolute Gasteiger partial charge is 0.184 e. The topological polar surface area (TPSA) is 68.5 Å². The first-order valence-electron chi connectivity index (χ1n) is 7.69. The zero-order valence-corrected chi connectivity index (χ0v) is 13.9. The van der Waals surface area contributed by atoms with Crippen molar-refractivity contribution in [3.8, 4) is 0 Å². The van der Waals surface area contributed by atoms with Gasteiger partial charge < -0.3 is 5.32 Å². The number of hydrogen-bond donors (Lipinski definition) is 1. The summed E-state index contributed by atoms with van der Waals surface area (Å²) in [6.07, 6.45) is 1.55. The van der Waals surface area contributed by atoms with Crippen LogP contribution in [0, 0.1) is 0 Å². The van der Waals surface area contributed by atoms with E-state index in [2.05, 4.69) is 56.1 Å². The number of nitrogens with zero attached hydrogens (tertiary/aromatic N) is 5. The minimum atomic E-state index is 0.117. The lowest BCUT2D eigenvalue weighted by atomic mass is 10.1. The van der Waals surface area contributed by atoms with Crippen molar-refractivity contribution in [1.82, 2.24) is 25.0 Å². The Morgan fingerprint density at radius 1 is 1.12 bits per heavy atom. The number of benzene rings is 1. The fraction of sp³-hybridized carbons (Fsp3) is 0.176. The maximum atomic E-state index is 4.35. The molecule has 0 radical (unpaired) electrons. The summed E-state index contributed by atoms with van der Waals surface area (Å²) in [5.41, 5.74) is 2.62. The van der Waals surface area contributed by atoms with E-state index in [4.69, 9.17) is 0 Å². The summed E-state index contributed by atoms with van der Waals surface area (Å²) >= 11 is 1.69. The molecule has 4 aromatic rings. The predicted molar refractivity (Wildman–Crippen MR) is 95.0 cm³/mol. The van der Waals surface area contributed by atoms with E-state index in [1.165, 1.54) is 10.4 Å². The molecule has 120 valence electrons. The van der Waals surface area contributed by atoms with Crippen molar-refractivity contribution in [1.29, 1.82) is 0 Å². The summed E-state index contributed by atoms with van der Waals surface area (Å²) in [5.74, 6) is 0.703. The van der Waals surface area contributed by atoms with Crippen LogP contribution in [0.1, 0.15) is 23.4 Å². The van der Waals surface area contributed by atoms with Gasteiger partial charge in [-0.2, -0.15) is 0 Å². The molecule has 0 spiro atoms. The molecule has 1 N–H and O–H groups in total.